The minimum absolute atomic E-state index is 0.0116. The molecule has 1 aliphatic rings. The van der Waals surface area contributed by atoms with E-state index in [-0.39, 0.29) is 5.92 Å². The number of carbonyl (C=O) groups is 1. The van der Waals surface area contributed by atoms with Gasteiger partial charge in [0.1, 0.15) is 0 Å². The maximum absolute atomic E-state index is 10.5. The summed E-state index contributed by atoms with van der Waals surface area (Å²) in [6.07, 6.45) is 4.25. The van der Waals surface area contributed by atoms with E-state index in [2.05, 4.69) is 0 Å². The van der Waals surface area contributed by atoms with Crippen molar-refractivity contribution in [3.63, 3.8) is 0 Å². The van der Waals surface area contributed by atoms with Crippen LogP contribution in [0.4, 0.5) is 0 Å². The molecule has 0 radical (unpaired) electrons. The van der Waals surface area contributed by atoms with Crippen molar-refractivity contribution in [3.8, 4) is 0 Å². The van der Waals surface area contributed by atoms with Crippen molar-refractivity contribution < 1.29 is 9.90 Å². The molecule has 0 aromatic carbocycles. The summed E-state index contributed by atoms with van der Waals surface area (Å²) >= 11 is 0.760. The van der Waals surface area contributed by atoms with Crippen LogP contribution in [0.3, 0.4) is 0 Å². The number of hydrogen-bond acceptors (Lipinski definition) is 1. The molecular weight excluding hydrogens is 202 g/mol. The van der Waals surface area contributed by atoms with Gasteiger partial charge in [0.15, 0.2) is 0 Å². The van der Waals surface area contributed by atoms with Crippen LogP contribution in [-0.2, 0) is 4.79 Å². The molecule has 2 nitrogen and oxygen atoms in total. The molecule has 1 N–H and O–H groups in total. The Hall–Kier alpha value is 1.28. The van der Waals surface area contributed by atoms with E-state index in [1.54, 1.807) is 0 Å². The van der Waals surface area contributed by atoms with Crippen LogP contribution in [0.5, 0.6) is 0 Å². The third-order valence-corrected chi connectivity index (χ3v) is 5.20. The Balaban J connectivity index is 2.33. The minimum atomic E-state index is -0.581. The Morgan fingerprint density at radius 1 is 1.30 bits per heavy atom. The van der Waals surface area contributed by atoms with E-state index in [0.29, 0.717) is 0 Å². The number of carboxylic acids is 1. The molecule has 0 atom stereocenters. The van der Waals surface area contributed by atoms with E-state index in [4.69, 9.17) is 5.11 Å². The molecule has 1 fully saturated rings. The van der Waals surface area contributed by atoms with Gasteiger partial charge in [-0.1, -0.05) is 0 Å². The Kier molecular flexibility index (Phi) is 4.06. The van der Waals surface area contributed by atoms with E-state index < -0.39 is 5.97 Å². The fraction of sp³-hybridized carbons (Fsp3) is 0.857. The topological polar surface area (TPSA) is 37.3 Å². The quantitative estimate of drug-likeness (QED) is 0.710. The summed E-state index contributed by atoms with van der Waals surface area (Å²) in [6.45, 7) is 0. The third-order valence-electron chi connectivity index (χ3n) is 2.37. The summed E-state index contributed by atoms with van der Waals surface area (Å²) in [5, 5.41) is 8.64. The number of hydrogen-bond donors (Lipinski definition) is 1. The molecule has 10 heavy (non-hydrogen) atoms. The van der Waals surface area contributed by atoms with Crippen molar-refractivity contribution in [2.45, 2.75) is 24.7 Å². The van der Waals surface area contributed by atoms with Gasteiger partial charge in [-0.25, -0.2) is 0 Å². The molecule has 0 aliphatic heterocycles. The van der Waals surface area contributed by atoms with E-state index in [1.807, 2.05) is 0 Å². The standard InChI is InChI=1S/C7H11O2.Rb/c8-7(9)6-4-2-1-3-5-6;/h1,6H,2-5H2,(H,8,9);. The maximum atomic E-state index is 10.5. The predicted molar refractivity (Wildman–Crippen MR) is 39.1 cm³/mol. The second-order valence-corrected chi connectivity index (χ2v) is 7.31. The van der Waals surface area contributed by atoms with Gasteiger partial charge in [-0.2, -0.15) is 0 Å². The zero-order valence-electron chi connectivity index (χ0n) is 6.34. The van der Waals surface area contributed by atoms with Crippen LogP contribution >= 0.6 is 0 Å². The summed E-state index contributed by atoms with van der Waals surface area (Å²) in [4.78, 5) is 10.5. The second kappa shape index (κ2) is 4.34. The van der Waals surface area contributed by atoms with Crippen molar-refractivity contribution in [2.75, 3.05) is 0 Å². The Labute approximate surface area is 100 Å². The summed E-state index contributed by atoms with van der Waals surface area (Å²) in [5.74, 6) is -0.593. The van der Waals surface area contributed by atoms with Crippen LogP contribution in [-0.4, -0.2) is 66.6 Å². The Morgan fingerprint density at radius 2 is 1.80 bits per heavy atom. The van der Waals surface area contributed by atoms with Gasteiger partial charge in [0.2, 0.25) is 0 Å². The van der Waals surface area contributed by atoms with Crippen LogP contribution < -0.4 is 0 Å². The van der Waals surface area contributed by atoms with Gasteiger partial charge in [0.05, 0.1) is 0 Å². The summed E-state index contributed by atoms with van der Waals surface area (Å²) in [6, 6.07) is 0. The third kappa shape index (κ3) is 2.72. The van der Waals surface area contributed by atoms with Crippen LogP contribution in [0.2, 0.25) is -1.01 Å². The van der Waals surface area contributed by atoms with Gasteiger partial charge in [-0.15, -0.1) is 0 Å². The molecule has 1 rings (SSSR count). The van der Waals surface area contributed by atoms with Gasteiger partial charge in [0.25, 0.3) is 0 Å². The first kappa shape index (κ1) is 9.36. The second-order valence-electron chi connectivity index (χ2n) is 3.30. The zero-order chi connectivity index (χ0) is 7.56. The fourth-order valence-electron chi connectivity index (χ4n) is 1.51. The van der Waals surface area contributed by atoms with E-state index in [0.717, 1.165) is 67.4 Å². The van der Waals surface area contributed by atoms with E-state index >= 15 is 0 Å². The van der Waals surface area contributed by atoms with Crippen LogP contribution in [0.25, 0.3) is 0 Å². The van der Waals surface area contributed by atoms with Crippen molar-refractivity contribution in [1.82, 2.24) is 0 Å². The van der Waals surface area contributed by atoms with Gasteiger partial charge >= 0.3 is 102 Å². The molecule has 52 valence electrons. The molecule has 0 aromatic heterocycles. The van der Waals surface area contributed by atoms with Crippen molar-refractivity contribution in [1.29, 1.82) is 0 Å². The number of carboxylic acid groups (broad SMARTS) is 1. The van der Waals surface area contributed by atoms with Gasteiger partial charge < -0.3 is 0 Å². The van der Waals surface area contributed by atoms with Gasteiger partial charge in [-0.05, 0) is 0 Å². The Bertz CT molecular complexity index is 128. The molecule has 1 saturated carbocycles. The van der Waals surface area contributed by atoms with Crippen LogP contribution in [0.15, 0.2) is 0 Å². The molecule has 0 saturated heterocycles. The molecule has 0 unspecified atom stereocenters. The molecule has 0 bridgehead atoms. The van der Waals surface area contributed by atoms with Gasteiger partial charge in [0, 0.05) is 0 Å². The molecule has 0 amide bonds. The van der Waals surface area contributed by atoms with Gasteiger partial charge in [-0.3, -0.25) is 0 Å². The van der Waals surface area contributed by atoms with E-state index in [1.165, 1.54) is 12.8 Å². The molecule has 3 heteroatoms. The molecular formula is C7H11O2Rb. The first-order valence-corrected chi connectivity index (χ1v) is 6.77. The van der Waals surface area contributed by atoms with Crippen molar-refractivity contribution >= 4 is 61.5 Å². The monoisotopic (exact) mass is 212 g/mol. The SMILES string of the molecule is O=C(O)C1CC[CH]([Rb])CC1. The molecule has 1 aliphatic carbocycles. The normalized spacial score (nSPS) is 33.8. The number of aliphatic carboxylic acids is 1. The first-order chi connectivity index (χ1) is 4.70. The predicted octanol–water partition coefficient (Wildman–Crippen LogP) is 1.22. The fourth-order valence-corrected chi connectivity index (χ4v) is 3.15. The summed E-state index contributed by atoms with van der Waals surface area (Å²) in [5.41, 5.74) is 0. The van der Waals surface area contributed by atoms with Crippen LogP contribution in [0.1, 0.15) is 25.7 Å². The molecule has 0 aromatic rings. The Morgan fingerprint density at radius 3 is 2.20 bits per heavy atom. The average molecular weight is 213 g/mol. The van der Waals surface area contributed by atoms with Crippen LogP contribution in [0, 0.1) is 5.92 Å². The van der Waals surface area contributed by atoms with Crippen molar-refractivity contribution in [2.24, 2.45) is 5.92 Å². The zero-order valence-corrected chi connectivity index (χ0v) is 11.3. The molecule has 0 heterocycles. The molecule has 0 spiro atoms. The van der Waals surface area contributed by atoms with E-state index in [9.17, 15) is 4.79 Å². The summed E-state index contributed by atoms with van der Waals surface area (Å²) < 4.78 is 0.956. The summed E-state index contributed by atoms with van der Waals surface area (Å²) in [7, 11) is 0. The average Bonchev–Trinajstić information content (AvgIpc) is 1.88. The number of rotatable bonds is 1. The van der Waals surface area contributed by atoms with Crippen molar-refractivity contribution in [3.05, 3.63) is 0 Å². The first-order valence-electron chi connectivity index (χ1n) is 3.93.